The molecule has 2 saturated heterocycles. The number of rotatable bonds is 2. The van der Waals surface area contributed by atoms with Crippen molar-refractivity contribution in [2.24, 2.45) is 0 Å². The smallest absolute Gasteiger partial charge is 0.242 e. The lowest BCUT2D eigenvalue weighted by Gasteiger charge is -2.33. The summed E-state index contributed by atoms with van der Waals surface area (Å²) in [6.45, 7) is 5.45. The lowest BCUT2D eigenvalue weighted by Crippen LogP contribution is -2.53. The van der Waals surface area contributed by atoms with Gasteiger partial charge in [-0.25, -0.2) is 0 Å². The molecule has 2 aliphatic rings. The molecule has 0 aromatic carbocycles. The summed E-state index contributed by atoms with van der Waals surface area (Å²) in [5.74, 6) is 0.239. The van der Waals surface area contributed by atoms with E-state index < -0.39 is 0 Å². The summed E-state index contributed by atoms with van der Waals surface area (Å²) in [5.41, 5.74) is 0. The number of piperazine rings is 1. The second kappa shape index (κ2) is 7.70. The number of nitrogens with zero attached hydrogens (tertiary/aromatic N) is 2. The number of hydrogen-bond acceptors (Lipinski definition) is 3. The Balaban J connectivity index is 0.00000180. The van der Waals surface area contributed by atoms with E-state index in [1.54, 1.807) is 4.90 Å². The molecule has 19 heavy (non-hydrogen) atoms. The van der Waals surface area contributed by atoms with Crippen molar-refractivity contribution < 1.29 is 9.59 Å². The number of halogens is 1. The summed E-state index contributed by atoms with van der Waals surface area (Å²) in [7, 11) is 0. The summed E-state index contributed by atoms with van der Waals surface area (Å²) in [5, 5.41) is 3.31. The molecule has 0 aromatic rings. The minimum Gasteiger partial charge on any atom is -0.338 e. The van der Waals surface area contributed by atoms with Crippen molar-refractivity contribution in [3.63, 3.8) is 0 Å². The molecule has 5 nitrogen and oxygen atoms in total. The maximum atomic E-state index is 12.2. The first-order valence-corrected chi connectivity index (χ1v) is 6.96. The quantitative estimate of drug-likeness (QED) is 0.811. The van der Waals surface area contributed by atoms with Gasteiger partial charge in [0.05, 0.1) is 6.54 Å². The highest BCUT2D eigenvalue weighted by atomic mass is 35.5. The highest BCUT2D eigenvalue weighted by molar-refractivity contribution is 5.85. The van der Waals surface area contributed by atoms with Gasteiger partial charge in [-0.05, 0) is 19.8 Å². The van der Waals surface area contributed by atoms with E-state index in [0.29, 0.717) is 12.5 Å². The maximum absolute atomic E-state index is 12.2. The summed E-state index contributed by atoms with van der Waals surface area (Å²) < 4.78 is 0. The molecule has 1 atom stereocenters. The van der Waals surface area contributed by atoms with E-state index in [2.05, 4.69) is 12.2 Å². The van der Waals surface area contributed by atoms with Crippen molar-refractivity contribution in [3.05, 3.63) is 0 Å². The van der Waals surface area contributed by atoms with Crippen LogP contribution < -0.4 is 5.32 Å². The van der Waals surface area contributed by atoms with Crippen molar-refractivity contribution >= 4 is 24.2 Å². The zero-order valence-corrected chi connectivity index (χ0v) is 12.4. The summed E-state index contributed by atoms with van der Waals surface area (Å²) >= 11 is 0. The molecule has 0 spiro atoms. The predicted octanol–water partition coefficient (Wildman–Crippen LogP) is 0.631. The molecule has 1 unspecified atom stereocenters. The molecule has 2 heterocycles. The molecule has 0 aromatic heterocycles. The van der Waals surface area contributed by atoms with Crippen LogP contribution in [-0.4, -0.2) is 60.4 Å². The summed E-state index contributed by atoms with van der Waals surface area (Å²) in [4.78, 5) is 27.6. The number of carbonyl (C=O) groups excluding carboxylic acids is 2. The van der Waals surface area contributed by atoms with Crippen molar-refractivity contribution in [2.75, 3.05) is 32.7 Å². The van der Waals surface area contributed by atoms with Crippen LogP contribution in [0.25, 0.3) is 0 Å². The Bertz CT molecular complexity index is 325. The van der Waals surface area contributed by atoms with Crippen LogP contribution in [-0.2, 0) is 9.59 Å². The number of nitrogens with one attached hydrogen (secondary N) is 1. The van der Waals surface area contributed by atoms with Gasteiger partial charge < -0.3 is 15.1 Å². The largest absolute Gasteiger partial charge is 0.338 e. The predicted molar refractivity (Wildman–Crippen MR) is 76.3 cm³/mol. The molecule has 110 valence electrons. The monoisotopic (exact) mass is 289 g/mol. The van der Waals surface area contributed by atoms with Crippen molar-refractivity contribution in [1.29, 1.82) is 0 Å². The lowest BCUT2D eigenvalue weighted by molar-refractivity contribution is -0.140. The summed E-state index contributed by atoms with van der Waals surface area (Å²) in [6, 6.07) is 0.350. The van der Waals surface area contributed by atoms with Gasteiger partial charge in [0.25, 0.3) is 0 Å². The van der Waals surface area contributed by atoms with Crippen LogP contribution in [0.15, 0.2) is 0 Å². The third-order valence-corrected chi connectivity index (χ3v) is 3.72. The molecule has 6 heteroatoms. The number of carbonyl (C=O) groups is 2. The van der Waals surface area contributed by atoms with E-state index in [9.17, 15) is 9.59 Å². The molecule has 0 radical (unpaired) electrons. The average molecular weight is 290 g/mol. The minimum absolute atomic E-state index is 0. The normalized spacial score (nSPS) is 24.7. The molecule has 2 aliphatic heterocycles. The zero-order chi connectivity index (χ0) is 13.0. The molecule has 2 fully saturated rings. The van der Waals surface area contributed by atoms with Gasteiger partial charge in [-0.15, -0.1) is 12.4 Å². The molecule has 0 bridgehead atoms. The van der Waals surface area contributed by atoms with Crippen LogP contribution in [0.5, 0.6) is 0 Å². The lowest BCUT2D eigenvalue weighted by atomic mass is 10.2. The van der Waals surface area contributed by atoms with Crippen LogP contribution >= 0.6 is 12.4 Å². The van der Waals surface area contributed by atoms with Gasteiger partial charge in [0.1, 0.15) is 0 Å². The third-order valence-electron chi connectivity index (χ3n) is 3.72. The minimum atomic E-state index is 0. The SMILES string of the molecule is CC1CN(C(=O)CN2CCCCCC2=O)CCN1.Cl. The molecular weight excluding hydrogens is 266 g/mol. The Morgan fingerprint density at radius 3 is 2.84 bits per heavy atom. The van der Waals surface area contributed by atoms with Crippen LogP contribution in [0.4, 0.5) is 0 Å². The summed E-state index contributed by atoms with van der Waals surface area (Å²) in [6.07, 6.45) is 3.69. The third kappa shape index (κ3) is 4.66. The standard InChI is InChI=1S/C13H23N3O2.ClH/c1-11-9-16(8-6-14-11)13(18)10-15-7-4-2-3-5-12(15)17;/h11,14H,2-10H2,1H3;1H. The Labute approximate surface area is 121 Å². The van der Waals surface area contributed by atoms with Crippen LogP contribution in [0.2, 0.25) is 0 Å². The maximum Gasteiger partial charge on any atom is 0.242 e. The molecular formula is C13H24ClN3O2. The van der Waals surface area contributed by atoms with E-state index >= 15 is 0 Å². The van der Waals surface area contributed by atoms with E-state index in [1.807, 2.05) is 4.90 Å². The first-order valence-electron chi connectivity index (χ1n) is 6.96. The highest BCUT2D eigenvalue weighted by Crippen LogP contribution is 2.11. The zero-order valence-electron chi connectivity index (χ0n) is 11.6. The van der Waals surface area contributed by atoms with Crippen molar-refractivity contribution in [2.45, 2.75) is 38.6 Å². The van der Waals surface area contributed by atoms with E-state index in [-0.39, 0.29) is 30.8 Å². The number of amides is 2. The first-order chi connectivity index (χ1) is 8.66. The molecule has 1 N–H and O–H groups in total. The van der Waals surface area contributed by atoms with Gasteiger partial charge in [0, 0.05) is 38.6 Å². The van der Waals surface area contributed by atoms with Gasteiger partial charge in [-0.1, -0.05) is 6.42 Å². The number of hydrogen-bond donors (Lipinski definition) is 1. The van der Waals surface area contributed by atoms with Gasteiger partial charge >= 0.3 is 0 Å². The van der Waals surface area contributed by atoms with Crippen molar-refractivity contribution in [3.8, 4) is 0 Å². The van der Waals surface area contributed by atoms with Crippen LogP contribution in [0.3, 0.4) is 0 Å². The Morgan fingerprint density at radius 1 is 1.32 bits per heavy atom. The highest BCUT2D eigenvalue weighted by Gasteiger charge is 2.24. The fraction of sp³-hybridized carbons (Fsp3) is 0.846. The fourth-order valence-electron chi connectivity index (χ4n) is 2.63. The fourth-order valence-corrected chi connectivity index (χ4v) is 2.63. The van der Waals surface area contributed by atoms with Gasteiger partial charge in [-0.3, -0.25) is 9.59 Å². The van der Waals surface area contributed by atoms with Crippen LogP contribution in [0, 0.1) is 0 Å². The second-order valence-electron chi connectivity index (χ2n) is 5.32. The van der Waals surface area contributed by atoms with E-state index in [0.717, 1.165) is 45.4 Å². The second-order valence-corrected chi connectivity index (χ2v) is 5.32. The Morgan fingerprint density at radius 2 is 2.11 bits per heavy atom. The van der Waals surface area contributed by atoms with Crippen molar-refractivity contribution in [1.82, 2.24) is 15.1 Å². The van der Waals surface area contributed by atoms with Gasteiger partial charge in [-0.2, -0.15) is 0 Å². The molecule has 0 saturated carbocycles. The number of likely N-dealkylation sites (tertiary alicyclic amines) is 1. The topological polar surface area (TPSA) is 52.7 Å². The molecule has 2 rings (SSSR count). The van der Waals surface area contributed by atoms with Gasteiger partial charge in [0.15, 0.2) is 0 Å². The Kier molecular flexibility index (Phi) is 6.58. The Hall–Kier alpha value is -0.810. The van der Waals surface area contributed by atoms with E-state index in [4.69, 9.17) is 0 Å². The first kappa shape index (κ1) is 16.2. The molecule has 0 aliphatic carbocycles. The average Bonchev–Trinajstić information content (AvgIpc) is 2.55. The van der Waals surface area contributed by atoms with Crippen LogP contribution in [0.1, 0.15) is 32.6 Å². The molecule has 2 amide bonds. The van der Waals surface area contributed by atoms with E-state index in [1.165, 1.54) is 0 Å². The van der Waals surface area contributed by atoms with Gasteiger partial charge in [0.2, 0.25) is 11.8 Å².